The van der Waals surface area contributed by atoms with E-state index in [2.05, 4.69) is 15.3 Å². The molecule has 1 heterocycles. The third-order valence-corrected chi connectivity index (χ3v) is 3.32. The molecule has 1 aromatic rings. The Balaban J connectivity index is 2.06. The quantitative estimate of drug-likeness (QED) is 0.846. The van der Waals surface area contributed by atoms with Crippen LogP contribution in [0.5, 0.6) is 5.88 Å². The number of rotatable bonds is 5. The van der Waals surface area contributed by atoms with Crippen LogP contribution < -0.4 is 10.1 Å². The molecule has 0 spiro atoms. The summed E-state index contributed by atoms with van der Waals surface area (Å²) in [6.45, 7) is 2.41. The van der Waals surface area contributed by atoms with Gasteiger partial charge in [-0.1, -0.05) is 12.8 Å². The van der Waals surface area contributed by atoms with Crippen LogP contribution in [0.3, 0.4) is 0 Å². The van der Waals surface area contributed by atoms with Crippen LogP contribution in [0.25, 0.3) is 0 Å². The zero-order valence-electron chi connectivity index (χ0n) is 11.0. The molecular weight excluding hydrogens is 246 g/mol. The maximum absolute atomic E-state index is 11.2. The van der Waals surface area contributed by atoms with E-state index in [-0.39, 0.29) is 12.0 Å². The summed E-state index contributed by atoms with van der Waals surface area (Å²) in [4.78, 5) is 19.5. The minimum atomic E-state index is -0.744. The number of aliphatic carboxylic acids is 1. The van der Waals surface area contributed by atoms with Crippen LogP contribution in [0, 0.1) is 5.92 Å². The number of hydrogen-bond acceptors (Lipinski definition) is 5. The Labute approximate surface area is 112 Å². The van der Waals surface area contributed by atoms with Crippen molar-refractivity contribution < 1.29 is 14.6 Å². The average molecular weight is 265 g/mol. The number of carboxylic acids is 1. The maximum atomic E-state index is 11.2. The lowest BCUT2D eigenvalue weighted by Gasteiger charge is -2.29. The number of nitrogens with zero attached hydrogens (tertiary/aromatic N) is 2. The molecule has 0 saturated heterocycles. The van der Waals surface area contributed by atoms with Crippen LogP contribution in [0.4, 0.5) is 5.82 Å². The highest BCUT2D eigenvalue weighted by molar-refractivity contribution is 5.71. The van der Waals surface area contributed by atoms with Gasteiger partial charge in [-0.2, -0.15) is 4.98 Å². The first-order valence-electron chi connectivity index (χ1n) is 6.65. The van der Waals surface area contributed by atoms with Gasteiger partial charge in [0.15, 0.2) is 0 Å². The molecule has 0 radical (unpaired) electrons. The molecule has 0 aliphatic heterocycles. The van der Waals surface area contributed by atoms with E-state index in [4.69, 9.17) is 4.74 Å². The molecule has 0 aromatic carbocycles. The van der Waals surface area contributed by atoms with Gasteiger partial charge in [-0.25, -0.2) is 0 Å². The van der Waals surface area contributed by atoms with Gasteiger partial charge in [0.2, 0.25) is 5.88 Å². The number of nitrogens with one attached hydrogen (secondary N) is 1. The van der Waals surface area contributed by atoms with Gasteiger partial charge in [0.1, 0.15) is 5.82 Å². The second kappa shape index (κ2) is 6.36. The predicted molar refractivity (Wildman–Crippen MR) is 70.2 cm³/mol. The topological polar surface area (TPSA) is 84.3 Å². The Morgan fingerprint density at radius 1 is 1.47 bits per heavy atom. The molecular formula is C13H19N3O3. The zero-order valence-corrected chi connectivity index (χ0v) is 11.0. The highest BCUT2D eigenvalue weighted by Crippen LogP contribution is 2.27. The number of hydrogen-bond donors (Lipinski definition) is 2. The van der Waals surface area contributed by atoms with Gasteiger partial charge >= 0.3 is 5.97 Å². The van der Waals surface area contributed by atoms with Crippen molar-refractivity contribution >= 4 is 11.8 Å². The van der Waals surface area contributed by atoms with E-state index in [1.165, 1.54) is 0 Å². The normalized spacial score (nSPS) is 22.8. The van der Waals surface area contributed by atoms with E-state index in [0.717, 1.165) is 19.3 Å². The summed E-state index contributed by atoms with van der Waals surface area (Å²) < 4.78 is 5.28. The lowest BCUT2D eigenvalue weighted by molar-refractivity contribution is -0.143. The first-order chi connectivity index (χ1) is 9.20. The predicted octanol–water partition coefficient (Wildman–Crippen LogP) is 1.93. The average Bonchev–Trinajstić information content (AvgIpc) is 2.40. The van der Waals surface area contributed by atoms with Gasteiger partial charge < -0.3 is 15.2 Å². The van der Waals surface area contributed by atoms with Crippen molar-refractivity contribution in [3.05, 3.63) is 12.4 Å². The fourth-order valence-electron chi connectivity index (χ4n) is 2.42. The van der Waals surface area contributed by atoms with Crippen molar-refractivity contribution in [2.45, 2.75) is 38.6 Å². The van der Waals surface area contributed by atoms with Gasteiger partial charge in [0, 0.05) is 6.04 Å². The molecule has 6 heteroatoms. The summed E-state index contributed by atoms with van der Waals surface area (Å²) in [6, 6.07) is -0.0857. The van der Waals surface area contributed by atoms with E-state index in [1.54, 1.807) is 12.4 Å². The van der Waals surface area contributed by atoms with E-state index in [9.17, 15) is 9.90 Å². The van der Waals surface area contributed by atoms with Crippen LogP contribution in [-0.4, -0.2) is 33.7 Å². The summed E-state index contributed by atoms with van der Waals surface area (Å²) in [6.07, 6.45) is 6.71. The van der Waals surface area contributed by atoms with Crippen molar-refractivity contribution in [2.75, 3.05) is 11.9 Å². The summed E-state index contributed by atoms with van der Waals surface area (Å²) >= 11 is 0. The number of carboxylic acid groups (broad SMARTS) is 1. The zero-order chi connectivity index (χ0) is 13.7. The number of carbonyl (C=O) groups is 1. The fraction of sp³-hybridized carbons (Fsp3) is 0.615. The van der Waals surface area contributed by atoms with Gasteiger partial charge in [-0.05, 0) is 19.8 Å². The number of aromatic nitrogens is 2. The third kappa shape index (κ3) is 3.56. The fourth-order valence-corrected chi connectivity index (χ4v) is 2.42. The molecule has 2 unspecified atom stereocenters. The lowest BCUT2D eigenvalue weighted by Crippen LogP contribution is -2.37. The molecule has 19 heavy (non-hydrogen) atoms. The molecule has 104 valence electrons. The van der Waals surface area contributed by atoms with Gasteiger partial charge in [-0.15, -0.1) is 0 Å². The smallest absolute Gasteiger partial charge is 0.308 e. The highest BCUT2D eigenvalue weighted by atomic mass is 16.5. The SMILES string of the molecule is CCOc1cncc(NC2CCCCC2C(=O)O)n1. The minimum Gasteiger partial charge on any atom is -0.481 e. The van der Waals surface area contributed by atoms with Crippen LogP contribution in [0.15, 0.2) is 12.4 Å². The van der Waals surface area contributed by atoms with Gasteiger partial charge in [0.05, 0.1) is 24.9 Å². The molecule has 1 saturated carbocycles. The van der Waals surface area contributed by atoms with Gasteiger partial charge in [-0.3, -0.25) is 9.78 Å². The first kappa shape index (κ1) is 13.6. The van der Waals surface area contributed by atoms with Crippen molar-refractivity contribution in [3.63, 3.8) is 0 Å². The van der Waals surface area contributed by atoms with Crippen LogP contribution in [0.1, 0.15) is 32.6 Å². The molecule has 6 nitrogen and oxygen atoms in total. The van der Waals surface area contributed by atoms with Crippen LogP contribution >= 0.6 is 0 Å². The van der Waals surface area contributed by atoms with E-state index in [1.807, 2.05) is 6.92 Å². The maximum Gasteiger partial charge on any atom is 0.308 e. The van der Waals surface area contributed by atoms with E-state index < -0.39 is 5.97 Å². The Morgan fingerprint density at radius 3 is 3.00 bits per heavy atom. The highest BCUT2D eigenvalue weighted by Gasteiger charge is 2.30. The van der Waals surface area contributed by atoms with Crippen LogP contribution in [0.2, 0.25) is 0 Å². The Hall–Kier alpha value is -1.85. The Morgan fingerprint density at radius 2 is 2.26 bits per heavy atom. The number of ether oxygens (including phenoxy) is 1. The van der Waals surface area contributed by atoms with Crippen LogP contribution in [-0.2, 0) is 4.79 Å². The van der Waals surface area contributed by atoms with Crippen molar-refractivity contribution in [3.8, 4) is 5.88 Å². The second-order valence-corrected chi connectivity index (χ2v) is 4.66. The summed E-state index contributed by atoms with van der Waals surface area (Å²) in [5, 5.41) is 12.4. The molecule has 2 atom stereocenters. The Bertz CT molecular complexity index is 439. The van der Waals surface area contributed by atoms with E-state index >= 15 is 0 Å². The lowest BCUT2D eigenvalue weighted by atomic mass is 9.84. The third-order valence-electron chi connectivity index (χ3n) is 3.32. The first-order valence-corrected chi connectivity index (χ1v) is 6.65. The van der Waals surface area contributed by atoms with Crippen molar-refractivity contribution in [1.29, 1.82) is 0 Å². The molecule has 2 rings (SSSR count). The van der Waals surface area contributed by atoms with Crippen molar-refractivity contribution in [1.82, 2.24) is 9.97 Å². The minimum absolute atomic E-state index is 0.0857. The van der Waals surface area contributed by atoms with E-state index in [0.29, 0.717) is 24.7 Å². The molecule has 0 amide bonds. The summed E-state index contributed by atoms with van der Waals surface area (Å²) in [7, 11) is 0. The molecule has 1 fully saturated rings. The second-order valence-electron chi connectivity index (χ2n) is 4.66. The molecule has 2 N–H and O–H groups in total. The number of anilines is 1. The van der Waals surface area contributed by atoms with Gasteiger partial charge in [0.25, 0.3) is 0 Å². The molecule has 1 aliphatic carbocycles. The standard InChI is InChI=1S/C13H19N3O3/c1-2-19-12-8-14-7-11(16-12)15-10-6-4-3-5-9(10)13(17)18/h7-10H,2-6H2,1H3,(H,15,16)(H,17,18). The van der Waals surface area contributed by atoms with Crippen molar-refractivity contribution in [2.24, 2.45) is 5.92 Å². The molecule has 1 aromatic heterocycles. The summed E-state index contributed by atoms with van der Waals surface area (Å²) in [5.74, 6) is -0.0725. The molecule has 1 aliphatic rings. The largest absolute Gasteiger partial charge is 0.481 e. The Kier molecular flexibility index (Phi) is 4.54. The monoisotopic (exact) mass is 265 g/mol. The molecule has 0 bridgehead atoms. The summed E-state index contributed by atoms with van der Waals surface area (Å²) in [5.41, 5.74) is 0.